The molecule has 2 aromatic rings. The first-order chi connectivity index (χ1) is 9.56. The zero-order valence-electron chi connectivity index (χ0n) is 10.3. The van der Waals surface area contributed by atoms with Crippen LogP contribution in [0.3, 0.4) is 0 Å². The highest BCUT2D eigenvalue weighted by Gasteiger charge is 2.41. The SMILES string of the molecule is Oc1c2c(c(O)n1-c1cc(Cl)cc(Cl)c1)[C@H]1C=C[C@@H]2C1. The van der Waals surface area contributed by atoms with E-state index in [4.69, 9.17) is 23.2 Å². The van der Waals surface area contributed by atoms with Gasteiger partial charge in [-0.05, 0) is 24.6 Å². The van der Waals surface area contributed by atoms with Gasteiger partial charge in [0.1, 0.15) is 0 Å². The minimum Gasteiger partial charge on any atom is -0.494 e. The van der Waals surface area contributed by atoms with Crippen molar-refractivity contribution in [3.8, 4) is 17.4 Å². The van der Waals surface area contributed by atoms with E-state index in [-0.39, 0.29) is 23.6 Å². The Morgan fingerprint density at radius 2 is 1.40 bits per heavy atom. The number of fused-ring (bicyclic) bond motifs is 5. The molecule has 0 saturated carbocycles. The number of rotatable bonds is 1. The van der Waals surface area contributed by atoms with Gasteiger partial charge in [0.2, 0.25) is 11.8 Å². The number of aromatic hydroxyl groups is 2. The first-order valence-electron chi connectivity index (χ1n) is 6.37. The zero-order chi connectivity index (χ0) is 14.0. The van der Waals surface area contributed by atoms with Crippen LogP contribution in [-0.4, -0.2) is 14.8 Å². The standard InChI is InChI=1S/C15H11Cl2NO2/c16-9-4-10(17)6-11(5-9)18-14(19)12-7-1-2-8(3-7)13(12)15(18)20/h1-2,4-8,19-20H,3H2/t7-,8+. The lowest BCUT2D eigenvalue weighted by molar-refractivity contribution is 0.395. The van der Waals surface area contributed by atoms with Crippen LogP contribution in [0, 0.1) is 0 Å². The molecule has 0 radical (unpaired) electrons. The van der Waals surface area contributed by atoms with E-state index in [0.29, 0.717) is 15.7 Å². The summed E-state index contributed by atoms with van der Waals surface area (Å²) >= 11 is 12.0. The largest absolute Gasteiger partial charge is 0.494 e. The predicted octanol–water partition coefficient (Wildman–Crippen LogP) is 4.34. The predicted molar refractivity (Wildman–Crippen MR) is 78.4 cm³/mol. The topological polar surface area (TPSA) is 45.4 Å². The van der Waals surface area contributed by atoms with Crippen LogP contribution in [0.15, 0.2) is 30.4 Å². The fourth-order valence-corrected chi connectivity index (χ4v) is 3.87. The van der Waals surface area contributed by atoms with Gasteiger partial charge in [0.25, 0.3) is 0 Å². The van der Waals surface area contributed by atoms with Gasteiger partial charge in [-0.2, -0.15) is 0 Å². The molecule has 2 atom stereocenters. The number of halogens is 2. The lowest BCUT2D eigenvalue weighted by Crippen LogP contribution is -1.95. The fourth-order valence-electron chi connectivity index (χ4n) is 3.35. The van der Waals surface area contributed by atoms with Gasteiger partial charge >= 0.3 is 0 Å². The van der Waals surface area contributed by atoms with Crippen molar-refractivity contribution in [2.24, 2.45) is 0 Å². The van der Waals surface area contributed by atoms with Gasteiger partial charge in [0.15, 0.2) is 0 Å². The van der Waals surface area contributed by atoms with Crippen LogP contribution in [0.4, 0.5) is 0 Å². The van der Waals surface area contributed by atoms with E-state index in [2.05, 4.69) is 12.2 Å². The molecule has 0 amide bonds. The number of hydrogen-bond donors (Lipinski definition) is 2. The molecule has 2 N–H and O–H groups in total. The number of hydrogen-bond acceptors (Lipinski definition) is 2. The van der Waals surface area contributed by atoms with Gasteiger partial charge in [-0.15, -0.1) is 0 Å². The molecule has 0 spiro atoms. The third-order valence-corrected chi connectivity index (χ3v) is 4.56. The van der Waals surface area contributed by atoms with Gasteiger partial charge in [0.05, 0.1) is 5.69 Å². The van der Waals surface area contributed by atoms with Crippen molar-refractivity contribution in [1.29, 1.82) is 0 Å². The normalized spacial score (nSPS) is 22.5. The van der Waals surface area contributed by atoms with E-state index >= 15 is 0 Å². The van der Waals surface area contributed by atoms with Gasteiger partial charge in [-0.1, -0.05) is 35.4 Å². The average Bonchev–Trinajstić information content (AvgIpc) is 3.02. The minimum atomic E-state index is 0.0766. The molecule has 2 aliphatic rings. The highest BCUT2D eigenvalue weighted by atomic mass is 35.5. The maximum Gasteiger partial charge on any atom is 0.202 e. The molecule has 1 heterocycles. The monoisotopic (exact) mass is 307 g/mol. The van der Waals surface area contributed by atoms with Crippen LogP contribution in [0.25, 0.3) is 5.69 Å². The summed E-state index contributed by atoms with van der Waals surface area (Å²) in [6, 6.07) is 4.94. The molecule has 2 bridgehead atoms. The Morgan fingerprint density at radius 3 is 1.90 bits per heavy atom. The zero-order valence-corrected chi connectivity index (χ0v) is 11.9. The summed E-state index contributed by atoms with van der Waals surface area (Å²) < 4.78 is 1.41. The quantitative estimate of drug-likeness (QED) is 0.770. The molecule has 0 unspecified atom stereocenters. The van der Waals surface area contributed by atoms with E-state index in [0.717, 1.165) is 17.5 Å². The van der Waals surface area contributed by atoms with Crippen LogP contribution in [-0.2, 0) is 0 Å². The summed E-state index contributed by atoms with van der Waals surface area (Å²) in [6.07, 6.45) is 5.10. The Bertz CT molecular complexity index is 708. The number of aromatic nitrogens is 1. The molecule has 4 rings (SSSR count). The summed E-state index contributed by atoms with van der Waals surface area (Å²) in [5.74, 6) is 0.536. The molecule has 102 valence electrons. The van der Waals surface area contributed by atoms with E-state index in [1.54, 1.807) is 18.2 Å². The van der Waals surface area contributed by atoms with Crippen molar-refractivity contribution >= 4 is 23.2 Å². The maximum absolute atomic E-state index is 10.5. The van der Waals surface area contributed by atoms with Crippen molar-refractivity contribution in [1.82, 2.24) is 4.57 Å². The highest BCUT2D eigenvalue weighted by Crippen LogP contribution is 2.57. The summed E-state index contributed by atoms with van der Waals surface area (Å²) in [5.41, 5.74) is 2.21. The molecule has 0 aliphatic heterocycles. The molecule has 0 fully saturated rings. The highest BCUT2D eigenvalue weighted by molar-refractivity contribution is 6.34. The van der Waals surface area contributed by atoms with Crippen molar-refractivity contribution < 1.29 is 10.2 Å². The Hall–Kier alpha value is -1.58. The summed E-state index contributed by atoms with van der Waals surface area (Å²) in [7, 11) is 0. The van der Waals surface area contributed by atoms with Crippen molar-refractivity contribution in [2.45, 2.75) is 18.3 Å². The van der Waals surface area contributed by atoms with E-state index < -0.39 is 0 Å². The Kier molecular flexibility index (Phi) is 2.41. The number of benzene rings is 1. The Labute approximate surface area is 125 Å². The molecular weight excluding hydrogens is 297 g/mol. The van der Waals surface area contributed by atoms with E-state index in [1.807, 2.05) is 0 Å². The van der Waals surface area contributed by atoms with Gasteiger partial charge in [0, 0.05) is 33.0 Å². The molecule has 2 aliphatic carbocycles. The smallest absolute Gasteiger partial charge is 0.202 e. The molecule has 1 aromatic heterocycles. The lowest BCUT2D eigenvalue weighted by Gasteiger charge is -2.10. The van der Waals surface area contributed by atoms with Crippen LogP contribution in [0.2, 0.25) is 10.0 Å². The lowest BCUT2D eigenvalue weighted by atomic mass is 10.0. The molecule has 20 heavy (non-hydrogen) atoms. The van der Waals surface area contributed by atoms with Crippen LogP contribution in [0.5, 0.6) is 11.8 Å². The minimum absolute atomic E-state index is 0.0766. The molecule has 1 aromatic carbocycles. The second-order valence-electron chi connectivity index (χ2n) is 5.27. The fraction of sp³-hybridized carbons (Fsp3) is 0.200. The summed E-state index contributed by atoms with van der Waals surface area (Å²) in [4.78, 5) is 0. The Morgan fingerprint density at radius 1 is 0.900 bits per heavy atom. The van der Waals surface area contributed by atoms with E-state index in [9.17, 15) is 10.2 Å². The van der Waals surface area contributed by atoms with Crippen LogP contribution < -0.4 is 0 Å². The van der Waals surface area contributed by atoms with Crippen molar-refractivity contribution in [3.63, 3.8) is 0 Å². The first kappa shape index (κ1) is 12.2. The van der Waals surface area contributed by atoms with Gasteiger partial charge < -0.3 is 10.2 Å². The van der Waals surface area contributed by atoms with Crippen molar-refractivity contribution in [3.05, 3.63) is 51.5 Å². The van der Waals surface area contributed by atoms with E-state index in [1.165, 1.54) is 4.57 Å². The number of allylic oxidation sites excluding steroid dienone is 2. The van der Waals surface area contributed by atoms with Crippen LogP contribution >= 0.6 is 23.2 Å². The van der Waals surface area contributed by atoms with Gasteiger partial charge in [-0.25, -0.2) is 0 Å². The second kappa shape index (κ2) is 3.96. The third-order valence-electron chi connectivity index (χ3n) is 4.13. The molecule has 0 saturated heterocycles. The third kappa shape index (κ3) is 1.48. The average molecular weight is 308 g/mol. The second-order valence-corrected chi connectivity index (χ2v) is 6.14. The first-order valence-corrected chi connectivity index (χ1v) is 7.13. The molecule has 5 heteroatoms. The molecule has 3 nitrogen and oxygen atoms in total. The number of nitrogens with zero attached hydrogens (tertiary/aromatic N) is 1. The maximum atomic E-state index is 10.5. The van der Waals surface area contributed by atoms with Gasteiger partial charge in [-0.3, -0.25) is 4.57 Å². The van der Waals surface area contributed by atoms with Crippen LogP contribution in [0.1, 0.15) is 29.4 Å². The van der Waals surface area contributed by atoms with Crippen molar-refractivity contribution in [2.75, 3.05) is 0 Å². The molecular formula is C15H11Cl2NO2. The summed E-state index contributed by atoms with van der Waals surface area (Å²) in [5, 5.41) is 21.9. The summed E-state index contributed by atoms with van der Waals surface area (Å²) in [6.45, 7) is 0. The Balaban J connectivity index is 1.97.